The van der Waals surface area contributed by atoms with Gasteiger partial charge in [-0.25, -0.2) is 0 Å². The molecule has 16 heavy (non-hydrogen) atoms. The predicted octanol–water partition coefficient (Wildman–Crippen LogP) is -3.35. The number of aliphatic hydroxyl groups excluding tert-OH is 5. The van der Waals surface area contributed by atoms with E-state index in [-0.39, 0.29) is 6.54 Å². The van der Waals surface area contributed by atoms with Crippen molar-refractivity contribution >= 4 is 5.91 Å². The van der Waals surface area contributed by atoms with Crippen molar-refractivity contribution < 1.29 is 30.3 Å². The lowest BCUT2D eigenvalue weighted by Crippen LogP contribution is -2.52. The summed E-state index contributed by atoms with van der Waals surface area (Å²) in [5, 5.41) is 46.6. The standard InChI is InChI=1S/C9H17NO6/c1-4(12)10-2-5(13)8(15)7(10)9(16)6(14)3-11/h5-9,11,13-16H,2-3H2,1H3/t5-,6-,7-,8-,9+/m1/s1. The van der Waals surface area contributed by atoms with E-state index in [9.17, 15) is 25.2 Å². The molecule has 1 saturated heterocycles. The van der Waals surface area contributed by atoms with Crippen LogP contribution in [0.15, 0.2) is 0 Å². The van der Waals surface area contributed by atoms with Crippen LogP contribution in [0.2, 0.25) is 0 Å². The van der Waals surface area contributed by atoms with Crippen molar-refractivity contribution in [3.63, 3.8) is 0 Å². The molecule has 0 bridgehead atoms. The minimum absolute atomic E-state index is 0.101. The third-order valence-electron chi connectivity index (χ3n) is 2.82. The molecule has 7 nitrogen and oxygen atoms in total. The summed E-state index contributed by atoms with van der Waals surface area (Å²) >= 11 is 0. The molecule has 0 radical (unpaired) electrons. The highest BCUT2D eigenvalue weighted by atomic mass is 16.4. The maximum absolute atomic E-state index is 11.2. The first-order valence-electron chi connectivity index (χ1n) is 5.00. The fraction of sp³-hybridized carbons (Fsp3) is 0.889. The number of rotatable bonds is 3. The normalized spacial score (nSPS) is 33.9. The lowest BCUT2D eigenvalue weighted by Gasteiger charge is -2.31. The molecule has 0 aliphatic carbocycles. The van der Waals surface area contributed by atoms with E-state index in [1.54, 1.807) is 0 Å². The average molecular weight is 235 g/mol. The minimum Gasteiger partial charge on any atom is -0.394 e. The maximum atomic E-state index is 11.2. The quantitative estimate of drug-likeness (QED) is 0.348. The Hall–Kier alpha value is -0.730. The van der Waals surface area contributed by atoms with Gasteiger partial charge >= 0.3 is 0 Å². The second kappa shape index (κ2) is 5.07. The van der Waals surface area contributed by atoms with Crippen LogP contribution in [0.5, 0.6) is 0 Å². The molecule has 1 amide bonds. The Labute approximate surface area is 92.5 Å². The van der Waals surface area contributed by atoms with Gasteiger partial charge in [0, 0.05) is 13.5 Å². The lowest BCUT2D eigenvalue weighted by atomic mass is 10.0. The van der Waals surface area contributed by atoms with Gasteiger partial charge in [0.1, 0.15) is 18.3 Å². The molecule has 5 atom stereocenters. The summed E-state index contributed by atoms with van der Waals surface area (Å²) in [7, 11) is 0. The maximum Gasteiger partial charge on any atom is 0.219 e. The van der Waals surface area contributed by atoms with E-state index in [0.717, 1.165) is 4.90 Å². The first kappa shape index (κ1) is 13.3. The van der Waals surface area contributed by atoms with Crippen LogP contribution in [-0.2, 0) is 4.79 Å². The number of carbonyl (C=O) groups is 1. The molecule has 0 aromatic heterocycles. The summed E-state index contributed by atoms with van der Waals surface area (Å²) < 4.78 is 0. The molecule has 1 fully saturated rings. The SMILES string of the molecule is CC(=O)N1C[C@@H](O)[C@@H](O)[C@@H]1[C@@H](O)[C@H](O)CO. The van der Waals surface area contributed by atoms with E-state index in [2.05, 4.69) is 0 Å². The van der Waals surface area contributed by atoms with Crippen LogP contribution in [0.1, 0.15) is 6.92 Å². The molecule has 1 aliphatic heterocycles. The van der Waals surface area contributed by atoms with Gasteiger partial charge < -0.3 is 30.4 Å². The van der Waals surface area contributed by atoms with Gasteiger partial charge in [0.15, 0.2) is 0 Å². The molecule has 0 spiro atoms. The van der Waals surface area contributed by atoms with Crippen molar-refractivity contribution in [1.82, 2.24) is 4.90 Å². The van der Waals surface area contributed by atoms with Crippen molar-refractivity contribution in [2.24, 2.45) is 0 Å². The first-order valence-corrected chi connectivity index (χ1v) is 5.00. The Balaban J connectivity index is 2.85. The van der Waals surface area contributed by atoms with E-state index < -0.39 is 43.0 Å². The Kier molecular flexibility index (Phi) is 4.22. The van der Waals surface area contributed by atoms with Gasteiger partial charge in [0.05, 0.1) is 18.8 Å². The molecule has 1 aliphatic rings. The van der Waals surface area contributed by atoms with Gasteiger partial charge in [-0.15, -0.1) is 0 Å². The highest BCUT2D eigenvalue weighted by Crippen LogP contribution is 2.23. The lowest BCUT2D eigenvalue weighted by molar-refractivity contribution is -0.137. The van der Waals surface area contributed by atoms with Crippen LogP contribution in [0.4, 0.5) is 0 Å². The van der Waals surface area contributed by atoms with Gasteiger partial charge in [-0.05, 0) is 0 Å². The van der Waals surface area contributed by atoms with Crippen molar-refractivity contribution in [2.45, 2.75) is 37.4 Å². The van der Waals surface area contributed by atoms with Crippen LogP contribution >= 0.6 is 0 Å². The Bertz CT molecular complexity index is 260. The third-order valence-corrected chi connectivity index (χ3v) is 2.82. The third kappa shape index (κ3) is 2.33. The molecule has 7 heteroatoms. The van der Waals surface area contributed by atoms with Crippen LogP contribution in [0.25, 0.3) is 0 Å². The van der Waals surface area contributed by atoms with E-state index in [1.807, 2.05) is 0 Å². The highest BCUT2D eigenvalue weighted by Gasteiger charge is 2.46. The second-order valence-corrected chi connectivity index (χ2v) is 3.96. The summed E-state index contributed by atoms with van der Waals surface area (Å²) in [6, 6.07) is -1.10. The van der Waals surface area contributed by atoms with Crippen molar-refractivity contribution in [2.75, 3.05) is 13.2 Å². The van der Waals surface area contributed by atoms with Gasteiger partial charge in [-0.3, -0.25) is 4.79 Å². The summed E-state index contributed by atoms with van der Waals surface area (Å²) in [6.07, 6.45) is -5.46. The topological polar surface area (TPSA) is 121 Å². The van der Waals surface area contributed by atoms with Crippen molar-refractivity contribution in [3.8, 4) is 0 Å². The van der Waals surface area contributed by atoms with Crippen LogP contribution in [0, 0.1) is 0 Å². The monoisotopic (exact) mass is 235 g/mol. The molecule has 0 saturated carbocycles. The molecule has 0 unspecified atom stereocenters. The van der Waals surface area contributed by atoms with E-state index in [4.69, 9.17) is 5.11 Å². The fourth-order valence-electron chi connectivity index (χ4n) is 1.90. The number of carbonyl (C=O) groups excluding carboxylic acids is 1. The van der Waals surface area contributed by atoms with Gasteiger partial charge in [-0.2, -0.15) is 0 Å². The second-order valence-electron chi connectivity index (χ2n) is 3.96. The number of aliphatic hydroxyl groups is 5. The van der Waals surface area contributed by atoms with Crippen molar-refractivity contribution in [1.29, 1.82) is 0 Å². The number of hydrogen-bond donors (Lipinski definition) is 5. The Morgan fingerprint density at radius 1 is 1.44 bits per heavy atom. The van der Waals surface area contributed by atoms with Crippen LogP contribution in [-0.4, -0.2) is 79.9 Å². The number of likely N-dealkylation sites (tertiary alicyclic amines) is 1. The Morgan fingerprint density at radius 3 is 2.44 bits per heavy atom. The predicted molar refractivity (Wildman–Crippen MR) is 52.3 cm³/mol. The zero-order chi connectivity index (χ0) is 12.5. The molecule has 0 aromatic carbocycles. The summed E-state index contributed by atoms with van der Waals surface area (Å²) in [4.78, 5) is 12.3. The summed E-state index contributed by atoms with van der Waals surface area (Å²) in [5.74, 6) is -0.426. The minimum atomic E-state index is -1.50. The number of amides is 1. The smallest absolute Gasteiger partial charge is 0.219 e. The molecule has 0 aromatic rings. The van der Waals surface area contributed by atoms with Crippen LogP contribution < -0.4 is 0 Å². The molecule has 5 N–H and O–H groups in total. The number of nitrogens with zero attached hydrogens (tertiary/aromatic N) is 1. The van der Waals surface area contributed by atoms with Crippen molar-refractivity contribution in [3.05, 3.63) is 0 Å². The zero-order valence-electron chi connectivity index (χ0n) is 8.89. The highest BCUT2D eigenvalue weighted by molar-refractivity contribution is 5.74. The Morgan fingerprint density at radius 2 is 2.00 bits per heavy atom. The molecular formula is C9H17NO6. The van der Waals surface area contributed by atoms with E-state index >= 15 is 0 Å². The fourth-order valence-corrected chi connectivity index (χ4v) is 1.90. The molecule has 1 heterocycles. The molecule has 1 rings (SSSR count). The molecule has 94 valence electrons. The number of β-amino-alcohol motifs (C(OH)–C–C–N with tert-alkyl or cyclic N) is 1. The van der Waals surface area contributed by atoms with Crippen LogP contribution in [0.3, 0.4) is 0 Å². The van der Waals surface area contributed by atoms with E-state index in [1.165, 1.54) is 6.92 Å². The number of hydrogen-bond acceptors (Lipinski definition) is 6. The molecular weight excluding hydrogens is 218 g/mol. The first-order chi connectivity index (χ1) is 7.40. The van der Waals surface area contributed by atoms with Gasteiger partial charge in [0.25, 0.3) is 0 Å². The summed E-state index contributed by atoms with van der Waals surface area (Å²) in [5.41, 5.74) is 0. The van der Waals surface area contributed by atoms with E-state index in [0.29, 0.717) is 0 Å². The largest absolute Gasteiger partial charge is 0.394 e. The zero-order valence-corrected chi connectivity index (χ0v) is 8.89. The van der Waals surface area contributed by atoms with Gasteiger partial charge in [0.2, 0.25) is 5.91 Å². The van der Waals surface area contributed by atoms with Gasteiger partial charge in [-0.1, -0.05) is 0 Å². The average Bonchev–Trinajstić information content (AvgIpc) is 2.54. The summed E-state index contributed by atoms with van der Waals surface area (Å²) in [6.45, 7) is 0.443.